The van der Waals surface area contributed by atoms with Gasteiger partial charge in [0.1, 0.15) is 24.5 Å². The van der Waals surface area contributed by atoms with Crippen molar-refractivity contribution >= 4 is 58.0 Å². The number of carbonyl (C=O) groups excluding carboxylic acids is 7. The van der Waals surface area contributed by atoms with E-state index in [1.165, 1.54) is 10.6 Å². The highest BCUT2D eigenvalue weighted by Gasteiger charge is 2.47. The molecule has 1 spiro atoms. The van der Waals surface area contributed by atoms with Gasteiger partial charge in [0, 0.05) is 72.1 Å². The van der Waals surface area contributed by atoms with Gasteiger partial charge in [-0.2, -0.15) is 0 Å². The highest BCUT2D eigenvalue weighted by atomic mass is 19.1. The van der Waals surface area contributed by atoms with Gasteiger partial charge in [0.2, 0.25) is 35.4 Å². The minimum atomic E-state index is -2.05. The first-order valence-corrected chi connectivity index (χ1v) is 45.3. The van der Waals surface area contributed by atoms with E-state index in [2.05, 4.69) is 33.1 Å². The fourth-order valence-electron chi connectivity index (χ4n) is 17.0. The molecule has 4 atom stereocenters. The zero-order valence-electron chi connectivity index (χ0n) is 74.3. The number of unbranched alkanes of at least 4 members (excludes halogenated alkanes) is 1. The van der Waals surface area contributed by atoms with Crippen molar-refractivity contribution in [3.05, 3.63) is 127 Å². The third-order valence-corrected chi connectivity index (χ3v) is 24.3. The molecule has 0 bridgehead atoms. The minimum absolute atomic E-state index is 0.0189. The summed E-state index contributed by atoms with van der Waals surface area (Å²) in [5, 5.41) is 24.2. The fraction of sp³-hybridized carbons (Fsp3) is 0.628. The number of carbonyl (C=O) groups is 7. The number of benzene rings is 3. The lowest BCUT2D eigenvalue weighted by Crippen LogP contribution is -2.55. The van der Waals surface area contributed by atoms with Gasteiger partial charge in [0.15, 0.2) is 5.60 Å². The van der Waals surface area contributed by atoms with Crippen molar-refractivity contribution < 1.29 is 109 Å². The van der Waals surface area contributed by atoms with Gasteiger partial charge in [-0.05, 0) is 148 Å². The number of aryl methyl sites for hydroxylation is 1. The van der Waals surface area contributed by atoms with E-state index in [1.807, 2.05) is 53.4 Å². The Balaban J connectivity index is 0.420. The summed E-state index contributed by atoms with van der Waals surface area (Å²) in [5.74, 6) is 3.40. The van der Waals surface area contributed by atoms with Gasteiger partial charge in [-0.1, -0.05) is 62.9 Å². The molecular weight excluding hydrogens is 1640 g/mol. The highest BCUT2D eigenvalue weighted by molar-refractivity contribution is 5.97. The second kappa shape index (κ2) is 51.6. The SMILES string of the molecule is CCC1(O)C(=O)OCc2c1cc1n(c2=O)Cc2c-1nc1cc(F)c(C)c3c1c2C(NC(=O)C(CCCCN)NC(=O)C(NC(=O)CCOCCOCCOCCOCCOCCOCCOCCOCCOCCOCCOCCOCCOCCC(=O)N1CCC2(CCC(C(=O)NCCC(=O)N4Cc5ccccc5C#Cc5ccccc54)CC2)CC1)C(C)C)CC3. The number of rotatable bonds is 57. The van der Waals surface area contributed by atoms with Crippen molar-refractivity contribution in [1.82, 2.24) is 35.7 Å². The molecule has 32 nitrogen and oxygen atoms in total. The van der Waals surface area contributed by atoms with Gasteiger partial charge in [0.05, 0.1) is 225 Å². The maximum absolute atomic E-state index is 15.6. The lowest BCUT2D eigenvalue weighted by Gasteiger charge is -2.45. The normalized spacial score (nSPS) is 17.2. The largest absolute Gasteiger partial charge is 0.458 e. The van der Waals surface area contributed by atoms with E-state index in [1.54, 1.807) is 38.7 Å². The molecule has 2 aliphatic carbocycles. The average molecular weight is 1770 g/mol. The maximum Gasteiger partial charge on any atom is 0.343 e. The Labute approximate surface area is 743 Å². The first-order chi connectivity index (χ1) is 61.8. The Morgan fingerprint density at radius 3 is 1.69 bits per heavy atom. The molecule has 1 saturated carbocycles. The summed E-state index contributed by atoms with van der Waals surface area (Å²) in [4.78, 5) is 118. The number of nitrogens with one attached hydrogen (secondary N) is 4. The van der Waals surface area contributed by atoms with Crippen LogP contribution in [0.4, 0.5) is 10.1 Å². The summed E-state index contributed by atoms with van der Waals surface area (Å²) >= 11 is 0. The molecule has 6 amide bonds. The highest BCUT2D eigenvalue weighted by Crippen LogP contribution is 2.48. The Kier molecular flexibility index (Phi) is 40.1. The summed E-state index contributed by atoms with van der Waals surface area (Å²) in [7, 11) is 0. The number of piperidine rings is 1. The zero-order chi connectivity index (χ0) is 89.8. The van der Waals surface area contributed by atoms with Crippen molar-refractivity contribution in [2.75, 3.05) is 203 Å². The molecule has 1 saturated heterocycles. The minimum Gasteiger partial charge on any atom is -0.458 e. The van der Waals surface area contributed by atoms with Crippen LogP contribution in [0.5, 0.6) is 0 Å². The van der Waals surface area contributed by atoms with Crippen LogP contribution in [0.1, 0.15) is 167 Å². The van der Waals surface area contributed by atoms with Crippen LogP contribution in [0.25, 0.3) is 22.3 Å². The molecule has 4 unspecified atom stereocenters. The molecule has 2 fully saturated rings. The molecule has 33 heteroatoms. The van der Waals surface area contributed by atoms with E-state index < -0.39 is 58.8 Å². The molecule has 3 aromatic carbocycles. The average Bonchev–Trinajstić information content (AvgIpc) is 1.58. The number of aliphatic hydroxyl groups is 1. The van der Waals surface area contributed by atoms with Crippen LogP contribution in [0.2, 0.25) is 0 Å². The fourth-order valence-corrected chi connectivity index (χ4v) is 17.0. The Hall–Kier alpha value is -8.80. The number of halogens is 1. The van der Waals surface area contributed by atoms with Crippen LogP contribution < -0.4 is 37.5 Å². The van der Waals surface area contributed by atoms with Gasteiger partial charge in [-0.25, -0.2) is 14.2 Å². The predicted octanol–water partition coefficient (Wildman–Crippen LogP) is 6.63. The summed E-state index contributed by atoms with van der Waals surface area (Å²) in [6.45, 7) is 19.2. The second-order valence-corrected chi connectivity index (χ2v) is 33.1. The molecule has 7 N–H and O–H groups in total. The van der Waals surface area contributed by atoms with Gasteiger partial charge in [0.25, 0.3) is 5.56 Å². The Morgan fingerprint density at radius 2 is 1.14 bits per heavy atom. The summed E-state index contributed by atoms with van der Waals surface area (Å²) < 4.78 is 95.2. The van der Waals surface area contributed by atoms with Crippen molar-refractivity contribution in [1.29, 1.82) is 0 Å². The number of anilines is 1. The van der Waals surface area contributed by atoms with Gasteiger partial charge in [-0.15, -0.1) is 0 Å². The van der Waals surface area contributed by atoms with Crippen molar-refractivity contribution in [2.45, 2.75) is 167 Å². The van der Waals surface area contributed by atoms with Crippen molar-refractivity contribution in [2.24, 2.45) is 23.0 Å². The molecule has 0 radical (unpaired) electrons. The standard InChI is InChI=1S/C94H130FN9O23/c1-5-94(113)74-60-80-87-72(63-104(80)91(111)73(74)64-127-92(94)112)85-76(20-19-71-66(4)75(95)61-78(98-87)84(71)85)99-89(109)77(15-10-11-30-96)100-90(110)86(65(2)3)101-81(105)24-34-114-36-38-116-40-42-118-44-46-120-48-50-122-52-54-124-56-58-126-59-57-125-55-53-123-51-49-121-47-45-119-43-41-117-39-37-115-35-25-82(106)102-32-28-93(29-33-102)26-21-69(22-27-93)88(108)97-31-23-83(107)103-62-70-14-7-6-12-67(70)17-18-68-13-8-9-16-79(68)103/h6-9,12-14,16,60-61,65,69,76-77,86,113H,5,10-11,15,19-59,62-64,96H2,1-4H3,(H,97,108)(H,99,109)(H,100,110)(H,101,105). The molecule has 5 aromatic rings. The van der Waals surface area contributed by atoms with Gasteiger partial charge >= 0.3 is 5.97 Å². The van der Waals surface area contributed by atoms with Crippen LogP contribution in [0, 0.1) is 41.8 Å². The summed E-state index contributed by atoms with van der Waals surface area (Å²) in [6, 6.07) is 15.9. The number of nitrogens with zero attached hydrogens (tertiary/aromatic N) is 4. The van der Waals surface area contributed by atoms with Gasteiger partial charge in [-0.3, -0.25) is 33.6 Å². The lowest BCUT2D eigenvalue weighted by atomic mass is 9.65. The number of cyclic esters (lactones) is 1. The number of likely N-dealkylation sites (tertiary alicyclic amines) is 1. The second-order valence-electron chi connectivity index (χ2n) is 33.1. The lowest BCUT2D eigenvalue weighted by molar-refractivity contribution is -0.172. The number of aromatic nitrogens is 2. The number of esters is 1. The van der Waals surface area contributed by atoms with E-state index in [9.17, 15) is 43.5 Å². The predicted molar refractivity (Wildman–Crippen MR) is 468 cm³/mol. The van der Waals surface area contributed by atoms with Crippen molar-refractivity contribution in [3.8, 4) is 23.2 Å². The number of nitrogens with two attached hydrogens (primary N) is 1. The quantitative estimate of drug-likeness (QED) is 0.0132. The zero-order valence-corrected chi connectivity index (χ0v) is 74.3. The van der Waals surface area contributed by atoms with Crippen LogP contribution in [-0.2, 0) is 132 Å². The maximum atomic E-state index is 15.6. The molecule has 6 aliphatic rings. The molecule has 6 heterocycles. The van der Waals surface area contributed by atoms with Crippen LogP contribution in [0.3, 0.4) is 0 Å². The van der Waals surface area contributed by atoms with E-state index >= 15 is 4.39 Å². The molecular formula is C94H130FN9O23. The van der Waals surface area contributed by atoms with E-state index in [-0.39, 0.29) is 111 Å². The van der Waals surface area contributed by atoms with E-state index in [0.29, 0.717) is 236 Å². The number of hydrogen-bond donors (Lipinski definition) is 6. The molecule has 11 rings (SSSR count). The van der Waals surface area contributed by atoms with Gasteiger partial charge < -0.3 is 113 Å². The number of para-hydroxylation sites is 1. The number of fused-ring (bicyclic) bond motifs is 7. The van der Waals surface area contributed by atoms with Crippen LogP contribution in [0.15, 0.2) is 65.5 Å². The topological polar surface area (TPSA) is 384 Å². The first kappa shape index (κ1) is 98.8. The Bertz CT molecular complexity index is 4560. The smallest absolute Gasteiger partial charge is 0.343 e. The summed E-state index contributed by atoms with van der Waals surface area (Å²) in [5.41, 5.74) is 10.8. The van der Waals surface area contributed by atoms with Crippen LogP contribution >= 0.6 is 0 Å². The summed E-state index contributed by atoms with van der Waals surface area (Å²) in [6.07, 6.45) is 8.01. The molecule has 4 aliphatic heterocycles. The third-order valence-electron chi connectivity index (χ3n) is 24.3. The first-order valence-electron chi connectivity index (χ1n) is 45.3. The third kappa shape index (κ3) is 28.4. The number of amides is 6. The van der Waals surface area contributed by atoms with E-state index in [4.69, 9.17) is 77.0 Å². The Morgan fingerprint density at radius 1 is 0.614 bits per heavy atom. The number of pyridine rings is 2. The number of hydrogen-bond acceptors (Lipinski definition) is 25. The van der Waals surface area contributed by atoms with Crippen LogP contribution in [-0.4, -0.2) is 271 Å². The molecule has 127 heavy (non-hydrogen) atoms. The number of ether oxygens (including phenoxy) is 14. The molecule has 696 valence electrons. The van der Waals surface area contributed by atoms with Crippen molar-refractivity contribution in [3.63, 3.8) is 0 Å². The monoisotopic (exact) mass is 1770 g/mol. The molecule has 2 aromatic heterocycles. The van der Waals surface area contributed by atoms with E-state index in [0.717, 1.165) is 79.6 Å².